The Kier molecular flexibility index (Phi) is 5.18. The molecule has 140 valence electrons. The van der Waals surface area contributed by atoms with E-state index in [1.54, 1.807) is 10.9 Å². The standard InChI is InChI=1S/C20H24N6O/c27-20(23-18-3-5-19(6-4-18)26-13-2-11-22-26)24-14-7-17(8-15-24)9-16-25-12-1-10-21-25/h1-6,10-13,17H,7-9,14-16H2,(H,23,27). The van der Waals surface area contributed by atoms with Crippen molar-refractivity contribution in [3.05, 3.63) is 61.2 Å². The first-order valence-corrected chi connectivity index (χ1v) is 9.41. The second-order valence-electron chi connectivity index (χ2n) is 6.92. The topological polar surface area (TPSA) is 68.0 Å². The molecule has 2 aromatic heterocycles. The van der Waals surface area contributed by atoms with E-state index in [-0.39, 0.29) is 6.03 Å². The summed E-state index contributed by atoms with van der Waals surface area (Å²) in [4.78, 5) is 14.4. The number of urea groups is 1. The number of carbonyl (C=O) groups excluding carboxylic acids is 1. The Morgan fingerprint density at radius 2 is 1.78 bits per heavy atom. The zero-order valence-electron chi connectivity index (χ0n) is 15.2. The van der Waals surface area contributed by atoms with Gasteiger partial charge in [0.2, 0.25) is 0 Å². The summed E-state index contributed by atoms with van der Waals surface area (Å²) < 4.78 is 3.77. The van der Waals surface area contributed by atoms with Gasteiger partial charge in [-0.05, 0) is 61.6 Å². The van der Waals surface area contributed by atoms with Gasteiger partial charge in [-0.1, -0.05) is 0 Å². The van der Waals surface area contributed by atoms with Gasteiger partial charge in [0, 0.05) is 50.1 Å². The number of rotatable bonds is 5. The van der Waals surface area contributed by atoms with Crippen LogP contribution < -0.4 is 5.32 Å². The fourth-order valence-electron chi connectivity index (χ4n) is 3.49. The van der Waals surface area contributed by atoms with Gasteiger partial charge >= 0.3 is 6.03 Å². The maximum atomic E-state index is 12.5. The molecule has 0 bridgehead atoms. The van der Waals surface area contributed by atoms with E-state index in [1.165, 1.54) is 0 Å². The molecule has 0 atom stereocenters. The molecule has 1 aromatic carbocycles. The summed E-state index contributed by atoms with van der Waals surface area (Å²) in [5.41, 5.74) is 1.77. The molecule has 7 heteroatoms. The highest BCUT2D eigenvalue weighted by Crippen LogP contribution is 2.22. The van der Waals surface area contributed by atoms with Gasteiger partial charge in [-0.15, -0.1) is 0 Å². The van der Waals surface area contributed by atoms with Crippen LogP contribution in [0.2, 0.25) is 0 Å². The third kappa shape index (κ3) is 4.36. The SMILES string of the molecule is O=C(Nc1ccc(-n2cccn2)cc1)N1CCC(CCn2cccn2)CC1. The molecule has 0 saturated carbocycles. The van der Waals surface area contributed by atoms with Crippen LogP contribution >= 0.6 is 0 Å². The highest BCUT2D eigenvalue weighted by atomic mass is 16.2. The minimum atomic E-state index is -0.0210. The molecule has 0 radical (unpaired) electrons. The molecule has 27 heavy (non-hydrogen) atoms. The summed E-state index contributed by atoms with van der Waals surface area (Å²) in [6.45, 7) is 2.56. The van der Waals surface area contributed by atoms with Crippen molar-refractivity contribution in [1.82, 2.24) is 24.5 Å². The average molecular weight is 364 g/mol. The predicted octanol–water partition coefficient (Wildman–Crippen LogP) is 3.40. The van der Waals surface area contributed by atoms with Crippen LogP contribution in [0, 0.1) is 5.92 Å². The second-order valence-corrected chi connectivity index (χ2v) is 6.92. The van der Waals surface area contributed by atoms with Gasteiger partial charge in [-0.3, -0.25) is 4.68 Å². The van der Waals surface area contributed by atoms with Gasteiger partial charge in [-0.2, -0.15) is 10.2 Å². The van der Waals surface area contributed by atoms with Crippen LogP contribution in [0.5, 0.6) is 0 Å². The Hall–Kier alpha value is -3.09. The van der Waals surface area contributed by atoms with Crippen molar-refractivity contribution in [3.63, 3.8) is 0 Å². The first kappa shape index (κ1) is 17.3. The van der Waals surface area contributed by atoms with Crippen LogP contribution in [0.25, 0.3) is 5.69 Å². The van der Waals surface area contributed by atoms with E-state index in [0.29, 0.717) is 5.92 Å². The number of carbonyl (C=O) groups is 1. The molecule has 2 amide bonds. The molecule has 1 fully saturated rings. The molecular weight excluding hydrogens is 340 g/mol. The average Bonchev–Trinajstić information content (AvgIpc) is 3.41. The number of likely N-dealkylation sites (tertiary alicyclic amines) is 1. The largest absolute Gasteiger partial charge is 0.325 e. The molecule has 3 aromatic rings. The Morgan fingerprint density at radius 1 is 1.04 bits per heavy atom. The van der Waals surface area contributed by atoms with Gasteiger partial charge in [0.15, 0.2) is 0 Å². The Bertz CT molecular complexity index is 833. The van der Waals surface area contributed by atoms with Gasteiger partial charge in [0.05, 0.1) is 5.69 Å². The summed E-state index contributed by atoms with van der Waals surface area (Å²) in [5.74, 6) is 0.659. The summed E-state index contributed by atoms with van der Waals surface area (Å²) in [5, 5.41) is 11.5. The van der Waals surface area contributed by atoms with Crippen LogP contribution in [0.3, 0.4) is 0 Å². The fraction of sp³-hybridized carbons (Fsp3) is 0.350. The van der Waals surface area contributed by atoms with E-state index < -0.39 is 0 Å². The van der Waals surface area contributed by atoms with Crippen molar-refractivity contribution >= 4 is 11.7 Å². The highest BCUT2D eigenvalue weighted by molar-refractivity contribution is 5.89. The molecule has 1 saturated heterocycles. The number of hydrogen-bond acceptors (Lipinski definition) is 3. The monoisotopic (exact) mass is 364 g/mol. The number of nitrogens with zero attached hydrogens (tertiary/aromatic N) is 5. The molecule has 7 nitrogen and oxygen atoms in total. The molecule has 1 N–H and O–H groups in total. The quantitative estimate of drug-likeness (QED) is 0.754. The predicted molar refractivity (Wildman–Crippen MR) is 104 cm³/mol. The number of hydrogen-bond donors (Lipinski definition) is 1. The molecule has 3 heterocycles. The molecule has 1 aliphatic rings. The number of piperidine rings is 1. The van der Waals surface area contributed by atoms with Crippen LogP contribution in [0.1, 0.15) is 19.3 Å². The third-order valence-electron chi connectivity index (χ3n) is 5.11. The lowest BCUT2D eigenvalue weighted by Gasteiger charge is -2.32. The van der Waals surface area contributed by atoms with Gasteiger partial charge in [0.25, 0.3) is 0 Å². The van der Waals surface area contributed by atoms with Crippen LogP contribution in [-0.4, -0.2) is 43.6 Å². The van der Waals surface area contributed by atoms with E-state index in [9.17, 15) is 4.79 Å². The molecule has 0 spiro atoms. The molecule has 0 aliphatic carbocycles. The van der Waals surface area contributed by atoms with Gasteiger partial charge in [0.1, 0.15) is 0 Å². The minimum absolute atomic E-state index is 0.0210. The lowest BCUT2D eigenvalue weighted by molar-refractivity contribution is 0.177. The van der Waals surface area contributed by atoms with Gasteiger partial charge in [-0.25, -0.2) is 9.48 Å². The summed E-state index contributed by atoms with van der Waals surface area (Å²) >= 11 is 0. The summed E-state index contributed by atoms with van der Waals surface area (Å²) in [6, 6.07) is 11.5. The molecule has 4 rings (SSSR count). The summed E-state index contributed by atoms with van der Waals surface area (Å²) in [6.07, 6.45) is 10.7. The van der Waals surface area contributed by atoms with Crippen LogP contribution in [-0.2, 0) is 6.54 Å². The number of benzene rings is 1. The first-order valence-electron chi connectivity index (χ1n) is 9.41. The fourth-order valence-corrected chi connectivity index (χ4v) is 3.49. The lowest BCUT2D eigenvalue weighted by Crippen LogP contribution is -2.41. The molecule has 0 unspecified atom stereocenters. The van der Waals surface area contributed by atoms with E-state index in [2.05, 4.69) is 15.5 Å². The number of nitrogens with one attached hydrogen (secondary N) is 1. The normalized spacial score (nSPS) is 15.0. The van der Waals surface area contributed by atoms with Gasteiger partial charge < -0.3 is 10.2 Å². The van der Waals surface area contributed by atoms with E-state index >= 15 is 0 Å². The van der Waals surface area contributed by atoms with E-state index in [1.807, 2.05) is 64.6 Å². The number of amides is 2. The van der Waals surface area contributed by atoms with Crippen molar-refractivity contribution < 1.29 is 4.79 Å². The zero-order valence-corrected chi connectivity index (χ0v) is 15.2. The van der Waals surface area contributed by atoms with Crippen molar-refractivity contribution in [2.24, 2.45) is 5.92 Å². The lowest BCUT2D eigenvalue weighted by atomic mass is 9.94. The third-order valence-corrected chi connectivity index (χ3v) is 5.11. The molecule has 1 aliphatic heterocycles. The number of anilines is 1. The first-order chi connectivity index (χ1) is 13.3. The maximum Gasteiger partial charge on any atom is 0.321 e. The van der Waals surface area contributed by atoms with Crippen molar-refractivity contribution in [1.29, 1.82) is 0 Å². The number of aryl methyl sites for hydroxylation is 1. The Balaban J connectivity index is 1.24. The van der Waals surface area contributed by atoms with E-state index in [0.717, 1.165) is 50.3 Å². The summed E-state index contributed by atoms with van der Waals surface area (Å²) in [7, 11) is 0. The van der Waals surface area contributed by atoms with E-state index in [4.69, 9.17) is 0 Å². The number of aromatic nitrogens is 4. The van der Waals surface area contributed by atoms with Crippen molar-refractivity contribution in [2.75, 3.05) is 18.4 Å². The van der Waals surface area contributed by atoms with Crippen LogP contribution in [0.15, 0.2) is 61.2 Å². The smallest absolute Gasteiger partial charge is 0.321 e. The van der Waals surface area contributed by atoms with Crippen LogP contribution in [0.4, 0.5) is 10.5 Å². The Morgan fingerprint density at radius 3 is 2.44 bits per heavy atom. The zero-order chi connectivity index (χ0) is 18.5. The van der Waals surface area contributed by atoms with Crippen molar-refractivity contribution in [2.45, 2.75) is 25.8 Å². The van der Waals surface area contributed by atoms with Crippen molar-refractivity contribution in [3.8, 4) is 5.69 Å². The Labute approximate surface area is 158 Å². The molecular formula is C20H24N6O. The highest BCUT2D eigenvalue weighted by Gasteiger charge is 2.22. The second kappa shape index (κ2) is 8.07. The minimum Gasteiger partial charge on any atom is -0.325 e. The maximum absolute atomic E-state index is 12.5.